The van der Waals surface area contributed by atoms with Crippen molar-refractivity contribution in [2.75, 3.05) is 11.1 Å². The molecule has 0 aliphatic carbocycles. The molecule has 2 rings (SSSR count). The van der Waals surface area contributed by atoms with Crippen LogP contribution in [-0.2, 0) is 0 Å². The Labute approximate surface area is 96.3 Å². The summed E-state index contributed by atoms with van der Waals surface area (Å²) in [7, 11) is 0. The van der Waals surface area contributed by atoms with Crippen LogP contribution in [0, 0.1) is 5.82 Å². The summed E-state index contributed by atoms with van der Waals surface area (Å²) in [4.78, 5) is 7.61. The highest BCUT2D eigenvalue weighted by molar-refractivity contribution is 6.30. The van der Waals surface area contributed by atoms with Crippen molar-refractivity contribution < 1.29 is 4.39 Å². The minimum atomic E-state index is -0.415. The van der Waals surface area contributed by atoms with Gasteiger partial charge in [-0.1, -0.05) is 11.6 Å². The lowest BCUT2D eigenvalue weighted by Gasteiger charge is -2.06. The molecular weight excluding hydrogens is 231 g/mol. The molecule has 82 valence electrons. The molecular formula is C10H8ClFN4. The van der Waals surface area contributed by atoms with Gasteiger partial charge in [0, 0.05) is 11.2 Å². The number of anilines is 3. The van der Waals surface area contributed by atoms with E-state index >= 15 is 0 Å². The van der Waals surface area contributed by atoms with Gasteiger partial charge in [0.05, 0.1) is 5.69 Å². The second-order valence-corrected chi connectivity index (χ2v) is 3.49. The van der Waals surface area contributed by atoms with Crippen LogP contribution in [0.15, 0.2) is 30.5 Å². The van der Waals surface area contributed by atoms with Gasteiger partial charge in [-0.2, -0.15) is 4.98 Å². The average molecular weight is 239 g/mol. The van der Waals surface area contributed by atoms with Gasteiger partial charge in [-0.3, -0.25) is 0 Å². The molecule has 6 heteroatoms. The summed E-state index contributed by atoms with van der Waals surface area (Å²) >= 11 is 5.75. The molecule has 0 spiro atoms. The van der Waals surface area contributed by atoms with Crippen LogP contribution >= 0.6 is 11.6 Å². The summed E-state index contributed by atoms with van der Waals surface area (Å²) < 4.78 is 13.4. The number of nitrogens with zero attached hydrogens (tertiary/aromatic N) is 2. The van der Waals surface area contributed by atoms with Crippen LogP contribution in [-0.4, -0.2) is 9.97 Å². The average Bonchev–Trinajstić information content (AvgIpc) is 2.24. The first-order valence-corrected chi connectivity index (χ1v) is 4.83. The Morgan fingerprint density at radius 2 is 2.12 bits per heavy atom. The zero-order valence-corrected chi connectivity index (χ0v) is 8.87. The van der Waals surface area contributed by atoms with Crippen LogP contribution in [0.1, 0.15) is 0 Å². The van der Waals surface area contributed by atoms with Gasteiger partial charge in [-0.15, -0.1) is 0 Å². The molecule has 0 atom stereocenters. The molecule has 0 aliphatic heterocycles. The van der Waals surface area contributed by atoms with Crippen LogP contribution < -0.4 is 11.1 Å². The third-order valence-electron chi connectivity index (χ3n) is 1.87. The van der Waals surface area contributed by atoms with Gasteiger partial charge < -0.3 is 11.1 Å². The maximum Gasteiger partial charge on any atom is 0.221 e. The second kappa shape index (κ2) is 4.32. The van der Waals surface area contributed by atoms with Crippen molar-refractivity contribution in [2.24, 2.45) is 0 Å². The molecule has 2 aromatic rings. The topological polar surface area (TPSA) is 63.8 Å². The Kier molecular flexibility index (Phi) is 2.87. The number of nitrogens with one attached hydrogen (secondary N) is 1. The molecule has 1 aromatic heterocycles. The minimum absolute atomic E-state index is 0.118. The highest BCUT2D eigenvalue weighted by Gasteiger charge is 2.04. The summed E-state index contributed by atoms with van der Waals surface area (Å²) in [6.07, 6.45) is 1.48. The van der Waals surface area contributed by atoms with Crippen LogP contribution in [0.25, 0.3) is 0 Å². The van der Waals surface area contributed by atoms with Crippen molar-refractivity contribution in [3.8, 4) is 0 Å². The van der Waals surface area contributed by atoms with E-state index in [9.17, 15) is 4.39 Å². The van der Waals surface area contributed by atoms with Crippen molar-refractivity contribution >= 4 is 29.1 Å². The van der Waals surface area contributed by atoms with Gasteiger partial charge in [0.15, 0.2) is 0 Å². The molecule has 0 bridgehead atoms. The molecule has 0 aliphatic rings. The summed E-state index contributed by atoms with van der Waals surface area (Å²) in [6.45, 7) is 0. The molecule has 1 heterocycles. The van der Waals surface area contributed by atoms with Crippen molar-refractivity contribution in [1.29, 1.82) is 0 Å². The Hall–Kier alpha value is -1.88. The van der Waals surface area contributed by atoms with Crippen molar-refractivity contribution in [3.63, 3.8) is 0 Å². The summed E-state index contributed by atoms with van der Waals surface area (Å²) in [5, 5.41) is 3.20. The minimum Gasteiger partial charge on any atom is -0.368 e. The smallest absolute Gasteiger partial charge is 0.221 e. The molecule has 0 fully saturated rings. The maximum absolute atomic E-state index is 13.4. The molecule has 0 saturated heterocycles. The molecule has 0 unspecified atom stereocenters. The number of hydrogen-bond donors (Lipinski definition) is 2. The van der Waals surface area contributed by atoms with E-state index in [1.165, 1.54) is 24.4 Å². The zero-order valence-electron chi connectivity index (χ0n) is 8.11. The number of benzene rings is 1. The largest absolute Gasteiger partial charge is 0.368 e. The number of rotatable bonds is 2. The first-order valence-electron chi connectivity index (χ1n) is 4.46. The Bertz CT molecular complexity index is 518. The number of halogens is 2. The van der Waals surface area contributed by atoms with Gasteiger partial charge >= 0.3 is 0 Å². The fourth-order valence-electron chi connectivity index (χ4n) is 1.17. The molecule has 0 saturated carbocycles. The standard InChI is InChI=1S/C10H8ClFN4/c11-6-1-2-7(12)8(5-6)15-9-3-4-14-10(13)16-9/h1-5H,(H3,13,14,15,16). The van der Waals surface area contributed by atoms with Crippen molar-refractivity contribution in [3.05, 3.63) is 41.3 Å². The SMILES string of the molecule is Nc1nccc(Nc2cc(Cl)ccc2F)n1. The Balaban J connectivity index is 2.30. The second-order valence-electron chi connectivity index (χ2n) is 3.05. The van der Waals surface area contributed by atoms with Gasteiger partial charge in [0.1, 0.15) is 11.6 Å². The molecule has 3 N–H and O–H groups in total. The molecule has 1 aromatic carbocycles. The van der Waals surface area contributed by atoms with Crippen LogP contribution in [0.3, 0.4) is 0 Å². The van der Waals surface area contributed by atoms with Gasteiger partial charge in [-0.05, 0) is 24.3 Å². The number of hydrogen-bond acceptors (Lipinski definition) is 4. The monoisotopic (exact) mass is 238 g/mol. The van der Waals surface area contributed by atoms with E-state index in [0.29, 0.717) is 10.8 Å². The fraction of sp³-hybridized carbons (Fsp3) is 0. The van der Waals surface area contributed by atoms with E-state index in [1.807, 2.05) is 0 Å². The Morgan fingerprint density at radius 3 is 2.88 bits per heavy atom. The quantitative estimate of drug-likeness (QED) is 0.844. The van der Waals surface area contributed by atoms with E-state index < -0.39 is 5.82 Å². The van der Waals surface area contributed by atoms with E-state index in [0.717, 1.165) is 0 Å². The lowest BCUT2D eigenvalue weighted by atomic mass is 10.3. The third kappa shape index (κ3) is 2.38. The first kappa shape index (κ1) is 10.6. The van der Waals surface area contributed by atoms with Crippen LogP contribution in [0.2, 0.25) is 5.02 Å². The van der Waals surface area contributed by atoms with Crippen molar-refractivity contribution in [1.82, 2.24) is 9.97 Å². The lowest BCUT2D eigenvalue weighted by molar-refractivity contribution is 0.632. The summed E-state index contributed by atoms with van der Waals surface area (Å²) in [5.74, 6) is 0.114. The zero-order chi connectivity index (χ0) is 11.5. The van der Waals surface area contributed by atoms with E-state index in [-0.39, 0.29) is 11.6 Å². The highest BCUT2D eigenvalue weighted by Crippen LogP contribution is 2.22. The normalized spacial score (nSPS) is 10.1. The molecule has 4 nitrogen and oxygen atoms in total. The third-order valence-corrected chi connectivity index (χ3v) is 2.10. The van der Waals surface area contributed by atoms with Gasteiger partial charge in [-0.25, -0.2) is 9.37 Å². The highest BCUT2D eigenvalue weighted by atomic mass is 35.5. The van der Waals surface area contributed by atoms with Crippen molar-refractivity contribution in [2.45, 2.75) is 0 Å². The fourth-order valence-corrected chi connectivity index (χ4v) is 1.35. The molecule has 0 radical (unpaired) electrons. The predicted octanol–water partition coefficient (Wildman–Crippen LogP) is 2.59. The number of aromatic nitrogens is 2. The summed E-state index contributed by atoms with van der Waals surface area (Å²) in [6, 6.07) is 5.79. The first-order chi connectivity index (χ1) is 7.65. The Morgan fingerprint density at radius 1 is 1.31 bits per heavy atom. The van der Waals surface area contributed by atoms with Gasteiger partial charge in [0.25, 0.3) is 0 Å². The van der Waals surface area contributed by atoms with Gasteiger partial charge in [0.2, 0.25) is 5.95 Å². The lowest BCUT2D eigenvalue weighted by Crippen LogP contribution is -2.00. The summed E-state index contributed by atoms with van der Waals surface area (Å²) in [5.41, 5.74) is 5.64. The van der Waals surface area contributed by atoms with Crippen LogP contribution in [0.4, 0.5) is 21.8 Å². The number of nitrogens with two attached hydrogens (primary N) is 1. The molecule has 16 heavy (non-hydrogen) atoms. The van der Waals surface area contributed by atoms with E-state index in [1.54, 1.807) is 6.07 Å². The number of nitrogen functional groups attached to an aromatic ring is 1. The maximum atomic E-state index is 13.4. The van der Waals surface area contributed by atoms with E-state index in [2.05, 4.69) is 15.3 Å². The van der Waals surface area contributed by atoms with Crippen LogP contribution in [0.5, 0.6) is 0 Å². The molecule has 0 amide bonds. The predicted molar refractivity (Wildman–Crippen MR) is 61.1 cm³/mol. The van der Waals surface area contributed by atoms with E-state index in [4.69, 9.17) is 17.3 Å².